The maximum absolute atomic E-state index is 12.5. The summed E-state index contributed by atoms with van der Waals surface area (Å²) in [6.45, 7) is 3.31. The Balaban J connectivity index is 1.48. The van der Waals surface area contributed by atoms with Crippen molar-refractivity contribution in [1.29, 1.82) is 0 Å². The largest absolute Gasteiger partial charge is 0.459 e. The van der Waals surface area contributed by atoms with Gasteiger partial charge in [0.15, 0.2) is 0 Å². The summed E-state index contributed by atoms with van der Waals surface area (Å²) in [7, 11) is 0. The van der Waals surface area contributed by atoms with Crippen LogP contribution in [0.2, 0.25) is 0 Å². The number of benzene rings is 3. The van der Waals surface area contributed by atoms with Crippen molar-refractivity contribution < 1.29 is 14.3 Å². The van der Waals surface area contributed by atoms with Crippen molar-refractivity contribution >= 4 is 28.3 Å². The summed E-state index contributed by atoms with van der Waals surface area (Å²) in [4.78, 5) is 36.7. The topological polar surface area (TPSA) is 90.3 Å². The summed E-state index contributed by atoms with van der Waals surface area (Å²) in [5.74, 6) is -0.832. The molecule has 166 valence electrons. The predicted molar refractivity (Wildman–Crippen MR) is 127 cm³/mol. The second-order valence-corrected chi connectivity index (χ2v) is 7.86. The Labute approximate surface area is 190 Å². The van der Waals surface area contributed by atoms with Crippen LogP contribution in [0.4, 0.5) is 5.69 Å². The molecule has 0 fully saturated rings. The number of anilines is 1. The maximum Gasteiger partial charge on any atom is 0.338 e. The van der Waals surface area contributed by atoms with Crippen LogP contribution in [-0.2, 0) is 16.1 Å². The average molecular weight is 441 g/mol. The van der Waals surface area contributed by atoms with E-state index in [9.17, 15) is 14.4 Å². The number of fused-ring (bicyclic) bond motifs is 1. The van der Waals surface area contributed by atoms with Crippen molar-refractivity contribution in [1.82, 2.24) is 9.78 Å². The van der Waals surface area contributed by atoms with Crippen LogP contribution in [0, 0.1) is 0 Å². The molecule has 0 aliphatic carbocycles. The first-order chi connectivity index (χ1) is 15.9. The van der Waals surface area contributed by atoms with E-state index in [2.05, 4.69) is 10.4 Å². The predicted octanol–water partition coefficient (Wildman–Crippen LogP) is 4.27. The first kappa shape index (κ1) is 22.0. The maximum atomic E-state index is 12.5. The van der Waals surface area contributed by atoms with Crippen molar-refractivity contribution in [2.45, 2.75) is 26.5 Å². The molecule has 0 unspecified atom stereocenters. The highest BCUT2D eigenvalue weighted by molar-refractivity contribution is 5.93. The van der Waals surface area contributed by atoms with Crippen molar-refractivity contribution in [3.05, 3.63) is 94.8 Å². The van der Waals surface area contributed by atoms with E-state index in [1.165, 1.54) is 6.07 Å². The third-order valence-corrected chi connectivity index (χ3v) is 4.95. The van der Waals surface area contributed by atoms with E-state index in [-0.39, 0.29) is 18.2 Å². The normalized spacial score (nSPS) is 10.9. The lowest BCUT2D eigenvalue weighted by Crippen LogP contribution is -2.29. The molecule has 7 heteroatoms. The van der Waals surface area contributed by atoms with Crippen LogP contribution in [0.15, 0.2) is 83.7 Å². The van der Waals surface area contributed by atoms with Crippen LogP contribution >= 0.6 is 0 Å². The number of hydrogen-bond acceptors (Lipinski definition) is 5. The van der Waals surface area contributed by atoms with Gasteiger partial charge in [0.1, 0.15) is 6.54 Å². The summed E-state index contributed by atoms with van der Waals surface area (Å²) >= 11 is 0. The van der Waals surface area contributed by atoms with Crippen LogP contribution in [0.3, 0.4) is 0 Å². The van der Waals surface area contributed by atoms with Crippen molar-refractivity contribution in [3.63, 3.8) is 0 Å². The number of ether oxygens (including phenoxy) is 1. The lowest BCUT2D eigenvalue weighted by Gasteiger charge is -2.10. The summed E-state index contributed by atoms with van der Waals surface area (Å²) in [5.41, 5.74) is 1.97. The lowest BCUT2D eigenvalue weighted by atomic mass is 10.1. The van der Waals surface area contributed by atoms with E-state index < -0.39 is 11.9 Å². The molecule has 1 amide bonds. The molecule has 0 bridgehead atoms. The summed E-state index contributed by atoms with van der Waals surface area (Å²) in [6, 6.07) is 23.3. The number of aromatic nitrogens is 2. The number of carbonyl (C=O) groups is 2. The van der Waals surface area contributed by atoms with E-state index in [1.807, 2.05) is 42.5 Å². The SMILES string of the molecule is CC(C)OC(=O)c1ccc(NC(=O)Cn2nc(-c3ccc4ccccc4c3)ccc2=O)cc1. The molecule has 0 atom stereocenters. The highest BCUT2D eigenvalue weighted by Crippen LogP contribution is 2.22. The zero-order valence-corrected chi connectivity index (χ0v) is 18.3. The number of nitrogens with zero attached hydrogens (tertiary/aromatic N) is 2. The Morgan fingerprint density at radius 1 is 0.939 bits per heavy atom. The molecule has 0 radical (unpaired) electrons. The molecule has 1 heterocycles. The molecular formula is C26H23N3O4. The molecule has 7 nitrogen and oxygen atoms in total. The molecule has 0 aliphatic rings. The smallest absolute Gasteiger partial charge is 0.338 e. The second kappa shape index (κ2) is 9.48. The minimum atomic E-state index is -0.427. The molecule has 0 aliphatic heterocycles. The van der Waals surface area contributed by atoms with Crippen molar-refractivity contribution in [2.75, 3.05) is 5.32 Å². The van der Waals surface area contributed by atoms with E-state index in [0.29, 0.717) is 16.9 Å². The Hall–Kier alpha value is -4.26. The number of hydrogen-bond donors (Lipinski definition) is 1. The van der Waals surface area contributed by atoms with Gasteiger partial charge in [-0.25, -0.2) is 9.48 Å². The lowest BCUT2D eigenvalue weighted by molar-refractivity contribution is -0.117. The average Bonchev–Trinajstić information content (AvgIpc) is 2.80. The van der Waals surface area contributed by atoms with Crippen LogP contribution in [-0.4, -0.2) is 27.8 Å². The van der Waals surface area contributed by atoms with Gasteiger partial charge in [0.2, 0.25) is 5.91 Å². The molecule has 4 aromatic rings. The third-order valence-electron chi connectivity index (χ3n) is 4.95. The van der Waals surface area contributed by atoms with Gasteiger partial charge >= 0.3 is 5.97 Å². The zero-order chi connectivity index (χ0) is 23.4. The fraction of sp³-hybridized carbons (Fsp3) is 0.154. The van der Waals surface area contributed by atoms with Crippen LogP contribution in [0.5, 0.6) is 0 Å². The highest BCUT2D eigenvalue weighted by atomic mass is 16.5. The Morgan fingerprint density at radius 3 is 2.39 bits per heavy atom. The van der Waals surface area contributed by atoms with E-state index in [0.717, 1.165) is 21.0 Å². The summed E-state index contributed by atoms with van der Waals surface area (Å²) < 4.78 is 6.28. The summed E-state index contributed by atoms with van der Waals surface area (Å²) in [6.07, 6.45) is -0.215. The van der Waals surface area contributed by atoms with Gasteiger partial charge in [-0.3, -0.25) is 9.59 Å². The molecule has 0 saturated carbocycles. The fourth-order valence-electron chi connectivity index (χ4n) is 3.37. The number of esters is 1. The van der Waals surface area contributed by atoms with Crippen LogP contribution < -0.4 is 10.9 Å². The van der Waals surface area contributed by atoms with Gasteiger partial charge in [-0.2, -0.15) is 5.10 Å². The standard InChI is InChI=1S/C26H23N3O4/c1-17(2)33-26(32)19-9-11-22(12-10-19)27-24(30)16-29-25(31)14-13-23(28-29)21-8-7-18-5-3-4-6-20(18)15-21/h3-15,17H,16H2,1-2H3,(H,27,30). The Morgan fingerprint density at radius 2 is 1.67 bits per heavy atom. The number of nitrogens with one attached hydrogen (secondary N) is 1. The van der Waals surface area contributed by atoms with Gasteiger partial charge < -0.3 is 10.1 Å². The monoisotopic (exact) mass is 441 g/mol. The zero-order valence-electron chi connectivity index (χ0n) is 18.3. The number of carbonyl (C=O) groups excluding carboxylic acids is 2. The van der Waals surface area contributed by atoms with Crippen LogP contribution in [0.1, 0.15) is 24.2 Å². The van der Waals surface area contributed by atoms with Gasteiger partial charge in [0.05, 0.1) is 17.4 Å². The Kier molecular flexibility index (Phi) is 6.31. The van der Waals surface area contributed by atoms with Gasteiger partial charge in [0.25, 0.3) is 5.56 Å². The van der Waals surface area contributed by atoms with Gasteiger partial charge in [-0.05, 0) is 61.0 Å². The quantitative estimate of drug-likeness (QED) is 0.452. The fourth-order valence-corrected chi connectivity index (χ4v) is 3.37. The minimum absolute atomic E-state index is 0.215. The van der Waals surface area contributed by atoms with Gasteiger partial charge in [0, 0.05) is 17.3 Å². The van der Waals surface area contributed by atoms with Gasteiger partial charge in [-0.15, -0.1) is 0 Å². The second-order valence-electron chi connectivity index (χ2n) is 7.86. The highest BCUT2D eigenvalue weighted by Gasteiger charge is 2.11. The number of amides is 1. The molecule has 0 saturated heterocycles. The summed E-state index contributed by atoms with van der Waals surface area (Å²) in [5, 5.41) is 9.27. The molecule has 1 aromatic heterocycles. The molecule has 1 N–H and O–H groups in total. The third kappa shape index (κ3) is 5.33. The molecule has 33 heavy (non-hydrogen) atoms. The van der Waals surface area contributed by atoms with Crippen molar-refractivity contribution in [2.24, 2.45) is 0 Å². The molecule has 4 rings (SSSR count). The van der Waals surface area contributed by atoms with E-state index >= 15 is 0 Å². The Bertz CT molecular complexity index is 1370. The van der Waals surface area contributed by atoms with Crippen molar-refractivity contribution in [3.8, 4) is 11.3 Å². The number of rotatable bonds is 6. The van der Waals surface area contributed by atoms with Gasteiger partial charge in [-0.1, -0.05) is 36.4 Å². The molecular weight excluding hydrogens is 418 g/mol. The van der Waals surface area contributed by atoms with Crippen LogP contribution in [0.25, 0.3) is 22.0 Å². The van der Waals surface area contributed by atoms with E-state index in [1.54, 1.807) is 44.2 Å². The molecule has 3 aromatic carbocycles. The first-order valence-electron chi connectivity index (χ1n) is 10.6. The molecule has 0 spiro atoms. The minimum Gasteiger partial charge on any atom is -0.459 e. The van der Waals surface area contributed by atoms with E-state index in [4.69, 9.17) is 4.74 Å². The first-order valence-corrected chi connectivity index (χ1v) is 10.6.